The number of sulfonamides is 1. The Hall–Kier alpha value is -2.62. The van der Waals surface area contributed by atoms with Crippen LogP contribution < -0.4 is 5.32 Å². The topological polar surface area (TPSA) is 92.3 Å². The number of hydrogen-bond acceptors (Lipinski definition) is 6. The second-order valence-corrected chi connectivity index (χ2v) is 9.29. The van der Waals surface area contributed by atoms with Crippen molar-refractivity contribution >= 4 is 32.4 Å². The fourth-order valence-corrected chi connectivity index (χ4v) is 5.32. The molecule has 0 unspecified atom stereocenters. The summed E-state index contributed by atoms with van der Waals surface area (Å²) in [5.41, 5.74) is 1.18. The van der Waals surface area contributed by atoms with E-state index in [1.807, 2.05) is 30.3 Å². The van der Waals surface area contributed by atoms with Crippen LogP contribution in [0.4, 0.5) is 5.13 Å². The average Bonchev–Trinajstić information content (AvgIpc) is 3.41. The Balaban J connectivity index is 1.52. The van der Waals surface area contributed by atoms with E-state index < -0.39 is 15.9 Å². The summed E-state index contributed by atoms with van der Waals surface area (Å²) in [6.45, 7) is 1.04. The van der Waals surface area contributed by atoms with Gasteiger partial charge >= 0.3 is 0 Å². The maximum absolute atomic E-state index is 12.7. The van der Waals surface area contributed by atoms with E-state index in [4.69, 9.17) is 0 Å². The molecule has 0 radical (unpaired) electrons. The van der Waals surface area contributed by atoms with Crippen LogP contribution in [-0.4, -0.2) is 41.9 Å². The zero-order valence-corrected chi connectivity index (χ0v) is 16.5. The molecule has 0 atom stereocenters. The van der Waals surface area contributed by atoms with Gasteiger partial charge in [-0.3, -0.25) is 10.1 Å². The highest BCUT2D eigenvalue weighted by Crippen LogP contribution is 2.27. The molecule has 0 bridgehead atoms. The van der Waals surface area contributed by atoms with Crippen molar-refractivity contribution in [1.82, 2.24) is 14.5 Å². The summed E-state index contributed by atoms with van der Waals surface area (Å²) in [5, 5.41) is 11.8. The van der Waals surface area contributed by atoms with Gasteiger partial charge in [-0.25, -0.2) is 8.42 Å². The van der Waals surface area contributed by atoms with Gasteiger partial charge in [0.1, 0.15) is 5.01 Å². The highest BCUT2D eigenvalue weighted by Gasteiger charge is 2.27. The first-order chi connectivity index (χ1) is 13.5. The first-order valence-electron chi connectivity index (χ1n) is 8.84. The lowest BCUT2D eigenvalue weighted by atomic mass is 10.2. The fraction of sp³-hybridized carbons (Fsp3) is 0.211. The number of benzene rings is 2. The monoisotopic (exact) mass is 414 g/mol. The number of hydrogen-bond donors (Lipinski definition) is 1. The summed E-state index contributed by atoms with van der Waals surface area (Å²) in [6, 6.07) is 15.6. The van der Waals surface area contributed by atoms with E-state index in [0.29, 0.717) is 23.2 Å². The lowest BCUT2D eigenvalue weighted by Crippen LogP contribution is -2.28. The molecule has 9 heteroatoms. The van der Waals surface area contributed by atoms with Crippen LogP contribution in [0.1, 0.15) is 23.2 Å². The van der Waals surface area contributed by atoms with Crippen molar-refractivity contribution in [3.8, 4) is 10.6 Å². The molecule has 4 rings (SSSR count). The Bertz CT molecular complexity index is 1090. The van der Waals surface area contributed by atoms with Gasteiger partial charge in [-0.1, -0.05) is 47.7 Å². The lowest BCUT2D eigenvalue weighted by Gasteiger charge is -2.15. The summed E-state index contributed by atoms with van der Waals surface area (Å²) in [5.74, 6) is -0.422. The Labute approximate surface area is 167 Å². The van der Waals surface area contributed by atoms with Crippen LogP contribution in [0.2, 0.25) is 0 Å². The molecule has 1 N–H and O–H groups in total. The third-order valence-electron chi connectivity index (χ3n) is 4.47. The van der Waals surface area contributed by atoms with Crippen molar-refractivity contribution in [2.45, 2.75) is 17.7 Å². The number of nitrogens with zero attached hydrogens (tertiary/aromatic N) is 3. The number of carbonyl (C=O) groups excluding carboxylic acids is 1. The third kappa shape index (κ3) is 3.82. The van der Waals surface area contributed by atoms with Crippen molar-refractivity contribution < 1.29 is 13.2 Å². The highest BCUT2D eigenvalue weighted by atomic mass is 32.2. The summed E-state index contributed by atoms with van der Waals surface area (Å²) in [4.78, 5) is 12.7. The van der Waals surface area contributed by atoms with E-state index in [9.17, 15) is 13.2 Å². The molecule has 1 saturated heterocycles. The van der Waals surface area contributed by atoms with E-state index in [0.717, 1.165) is 18.4 Å². The molecule has 144 valence electrons. The molecule has 2 heterocycles. The van der Waals surface area contributed by atoms with Crippen molar-refractivity contribution in [3.05, 3.63) is 60.2 Å². The van der Waals surface area contributed by atoms with Crippen LogP contribution in [-0.2, 0) is 10.0 Å². The zero-order valence-electron chi connectivity index (χ0n) is 14.9. The molecule has 1 aliphatic heterocycles. The smallest absolute Gasteiger partial charge is 0.257 e. The summed E-state index contributed by atoms with van der Waals surface area (Å²) in [7, 11) is -3.57. The molecule has 1 fully saturated rings. The van der Waals surface area contributed by atoms with E-state index in [2.05, 4.69) is 15.5 Å². The fourth-order valence-electron chi connectivity index (χ4n) is 3.02. The van der Waals surface area contributed by atoms with Crippen molar-refractivity contribution in [2.75, 3.05) is 18.4 Å². The molecule has 0 aliphatic carbocycles. The van der Waals surface area contributed by atoms with Crippen LogP contribution in [0.15, 0.2) is 59.5 Å². The summed E-state index contributed by atoms with van der Waals surface area (Å²) >= 11 is 1.26. The van der Waals surface area contributed by atoms with Gasteiger partial charge in [0.05, 0.1) is 4.90 Å². The summed E-state index contributed by atoms with van der Waals surface area (Å²) < 4.78 is 26.9. The maximum atomic E-state index is 12.7. The van der Waals surface area contributed by atoms with Gasteiger partial charge < -0.3 is 0 Å². The Morgan fingerprint density at radius 1 is 1.00 bits per heavy atom. The molecule has 7 nitrogen and oxygen atoms in total. The number of aromatic nitrogens is 2. The third-order valence-corrected chi connectivity index (χ3v) is 7.25. The second kappa shape index (κ2) is 7.78. The first kappa shape index (κ1) is 18.7. The van der Waals surface area contributed by atoms with Gasteiger partial charge in [0, 0.05) is 24.2 Å². The minimum absolute atomic E-state index is 0.129. The Kier molecular flexibility index (Phi) is 5.21. The van der Waals surface area contributed by atoms with Crippen LogP contribution in [0.5, 0.6) is 0 Å². The second-order valence-electron chi connectivity index (χ2n) is 6.37. The van der Waals surface area contributed by atoms with Gasteiger partial charge in [-0.2, -0.15) is 4.31 Å². The predicted octanol–water partition coefficient (Wildman–Crippen LogP) is 3.24. The minimum atomic E-state index is -3.57. The number of anilines is 1. The van der Waals surface area contributed by atoms with E-state index in [-0.39, 0.29) is 10.5 Å². The van der Waals surface area contributed by atoms with Gasteiger partial charge in [0.2, 0.25) is 15.2 Å². The molecular formula is C19H18N4O3S2. The summed E-state index contributed by atoms with van der Waals surface area (Å²) in [6.07, 6.45) is 1.72. The van der Waals surface area contributed by atoms with Crippen LogP contribution in [0, 0.1) is 0 Å². The molecule has 28 heavy (non-hydrogen) atoms. The van der Waals surface area contributed by atoms with Crippen molar-refractivity contribution in [3.63, 3.8) is 0 Å². The standard InChI is InChI=1S/C19H18N4O3S2/c24-17(20-19-22-21-18(27-19)14-7-2-1-3-8-14)15-9-6-10-16(13-15)28(25,26)23-11-4-5-12-23/h1-3,6-10,13H,4-5,11-12H2,(H,20,22,24). The highest BCUT2D eigenvalue weighted by molar-refractivity contribution is 7.89. The van der Waals surface area contributed by atoms with Crippen molar-refractivity contribution in [2.24, 2.45) is 0 Å². The number of nitrogens with one attached hydrogen (secondary N) is 1. The SMILES string of the molecule is O=C(Nc1nnc(-c2ccccc2)s1)c1cccc(S(=O)(=O)N2CCCC2)c1. The van der Waals surface area contributed by atoms with Gasteiger partial charge in [0.15, 0.2) is 0 Å². The average molecular weight is 415 g/mol. The maximum Gasteiger partial charge on any atom is 0.257 e. The Morgan fingerprint density at radius 2 is 1.75 bits per heavy atom. The van der Waals surface area contributed by atoms with E-state index in [1.54, 1.807) is 12.1 Å². The first-order valence-corrected chi connectivity index (χ1v) is 11.1. The number of amides is 1. The molecule has 3 aromatic rings. The largest absolute Gasteiger partial charge is 0.296 e. The van der Waals surface area contributed by atoms with Gasteiger partial charge in [-0.15, -0.1) is 10.2 Å². The van der Waals surface area contributed by atoms with E-state index in [1.165, 1.54) is 27.8 Å². The molecule has 1 aliphatic rings. The molecule has 2 aromatic carbocycles. The Morgan fingerprint density at radius 3 is 2.50 bits per heavy atom. The predicted molar refractivity (Wildman–Crippen MR) is 108 cm³/mol. The van der Waals surface area contributed by atoms with Crippen LogP contribution in [0.25, 0.3) is 10.6 Å². The quantitative estimate of drug-likeness (QED) is 0.692. The van der Waals surface area contributed by atoms with Gasteiger partial charge in [-0.05, 0) is 31.0 Å². The molecule has 0 saturated carbocycles. The van der Waals surface area contributed by atoms with E-state index >= 15 is 0 Å². The minimum Gasteiger partial charge on any atom is -0.296 e. The van der Waals surface area contributed by atoms with Gasteiger partial charge in [0.25, 0.3) is 5.91 Å². The molecule has 1 amide bonds. The van der Waals surface area contributed by atoms with Crippen LogP contribution >= 0.6 is 11.3 Å². The molecule has 0 spiro atoms. The number of rotatable bonds is 5. The molecular weight excluding hydrogens is 396 g/mol. The van der Waals surface area contributed by atoms with Crippen LogP contribution in [0.3, 0.4) is 0 Å². The number of carbonyl (C=O) groups is 1. The normalized spacial score (nSPS) is 14.9. The lowest BCUT2D eigenvalue weighted by molar-refractivity contribution is 0.102. The zero-order chi connectivity index (χ0) is 19.6. The molecule has 1 aromatic heterocycles. The van der Waals surface area contributed by atoms with Crippen molar-refractivity contribution in [1.29, 1.82) is 0 Å².